The van der Waals surface area contributed by atoms with Crippen LogP contribution < -0.4 is 0 Å². The fourth-order valence-corrected chi connectivity index (χ4v) is 1.46. The van der Waals surface area contributed by atoms with E-state index in [1.807, 2.05) is 25.1 Å². The molecular formula is C14H22O3. The van der Waals surface area contributed by atoms with Gasteiger partial charge in [0.2, 0.25) is 0 Å². The van der Waals surface area contributed by atoms with Gasteiger partial charge in [-0.25, -0.2) is 0 Å². The second kappa shape index (κ2) is 8.23. The summed E-state index contributed by atoms with van der Waals surface area (Å²) in [5.41, 5.74) is 1.18. The molecule has 0 aliphatic heterocycles. The van der Waals surface area contributed by atoms with Crippen molar-refractivity contribution in [1.82, 2.24) is 0 Å². The molecule has 2 unspecified atom stereocenters. The van der Waals surface area contributed by atoms with E-state index in [1.165, 1.54) is 5.56 Å². The van der Waals surface area contributed by atoms with Gasteiger partial charge in [-0.2, -0.15) is 0 Å². The smallest absolute Gasteiger partial charge is 0.154 e. The standard InChI is InChI=1S/C14H22O3/c1-4-14(17-12(2)15-3)11-16-10-13-8-6-5-7-9-13/h5-9,12,14H,4,10-11H2,1-3H3. The highest BCUT2D eigenvalue weighted by Gasteiger charge is 2.10. The van der Waals surface area contributed by atoms with Gasteiger partial charge in [0.1, 0.15) is 0 Å². The Balaban J connectivity index is 2.24. The minimum Gasteiger partial charge on any atom is -0.374 e. The normalized spacial score (nSPS) is 14.5. The van der Waals surface area contributed by atoms with E-state index in [0.29, 0.717) is 13.2 Å². The van der Waals surface area contributed by atoms with Gasteiger partial charge < -0.3 is 14.2 Å². The number of rotatable bonds is 8. The third-order valence-electron chi connectivity index (χ3n) is 2.59. The molecule has 0 saturated carbocycles. The average molecular weight is 238 g/mol. The summed E-state index contributed by atoms with van der Waals surface area (Å²) in [6.45, 7) is 5.19. The maximum absolute atomic E-state index is 5.64. The summed E-state index contributed by atoms with van der Waals surface area (Å²) in [6.07, 6.45) is 0.830. The highest BCUT2D eigenvalue weighted by atomic mass is 16.7. The molecule has 3 heteroatoms. The van der Waals surface area contributed by atoms with Crippen LogP contribution in [0.5, 0.6) is 0 Å². The topological polar surface area (TPSA) is 27.7 Å². The first-order valence-corrected chi connectivity index (χ1v) is 6.06. The van der Waals surface area contributed by atoms with E-state index < -0.39 is 0 Å². The SMILES string of the molecule is CCC(COCc1ccccc1)OC(C)OC. The summed E-state index contributed by atoms with van der Waals surface area (Å²) >= 11 is 0. The molecule has 2 atom stereocenters. The Hall–Kier alpha value is -0.900. The summed E-state index contributed by atoms with van der Waals surface area (Å²) in [5, 5.41) is 0. The third-order valence-corrected chi connectivity index (χ3v) is 2.59. The molecule has 1 aromatic carbocycles. The monoisotopic (exact) mass is 238 g/mol. The van der Waals surface area contributed by atoms with Crippen LogP contribution in [0.4, 0.5) is 0 Å². The van der Waals surface area contributed by atoms with Gasteiger partial charge in [0.25, 0.3) is 0 Å². The summed E-state index contributed by atoms with van der Waals surface area (Å²) in [7, 11) is 1.64. The van der Waals surface area contributed by atoms with Crippen LogP contribution in [0.1, 0.15) is 25.8 Å². The lowest BCUT2D eigenvalue weighted by molar-refractivity contribution is -0.160. The van der Waals surface area contributed by atoms with Crippen molar-refractivity contribution in [3.63, 3.8) is 0 Å². The van der Waals surface area contributed by atoms with Crippen LogP contribution >= 0.6 is 0 Å². The molecule has 0 saturated heterocycles. The zero-order valence-electron chi connectivity index (χ0n) is 10.9. The minimum atomic E-state index is -0.180. The predicted molar refractivity (Wildman–Crippen MR) is 67.7 cm³/mol. The molecule has 0 aliphatic carbocycles. The molecule has 17 heavy (non-hydrogen) atoms. The van der Waals surface area contributed by atoms with Crippen LogP contribution in [0.25, 0.3) is 0 Å². The Morgan fingerprint density at radius 3 is 2.47 bits per heavy atom. The van der Waals surface area contributed by atoms with Crippen molar-refractivity contribution >= 4 is 0 Å². The molecule has 0 radical (unpaired) electrons. The largest absolute Gasteiger partial charge is 0.374 e. The maximum atomic E-state index is 5.64. The molecule has 0 spiro atoms. The van der Waals surface area contributed by atoms with Gasteiger partial charge in [-0.15, -0.1) is 0 Å². The van der Waals surface area contributed by atoms with Gasteiger partial charge in [-0.05, 0) is 18.9 Å². The quantitative estimate of drug-likeness (QED) is 0.652. The van der Waals surface area contributed by atoms with Gasteiger partial charge >= 0.3 is 0 Å². The van der Waals surface area contributed by atoms with Crippen LogP contribution in [-0.2, 0) is 20.8 Å². The summed E-state index contributed by atoms with van der Waals surface area (Å²) in [5.74, 6) is 0. The van der Waals surface area contributed by atoms with E-state index in [2.05, 4.69) is 19.1 Å². The molecule has 0 fully saturated rings. The van der Waals surface area contributed by atoms with Crippen molar-refractivity contribution in [3.8, 4) is 0 Å². The van der Waals surface area contributed by atoms with Gasteiger partial charge in [0.15, 0.2) is 6.29 Å². The summed E-state index contributed by atoms with van der Waals surface area (Å²) < 4.78 is 16.3. The van der Waals surface area contributed by atoms with Crippen molar-refractivity contribution in [2.24, 2.45) is 0 Å². The lowest BCUT2D eigenvalue weighted by atomic mass is 10.2. The van der Waals surface area contributed by atoms with E-state index in [-0.39, 0.29) is 12.4 Å². The Kier molecular flexibility index (Phi) is 6.86. The van der Waals surface area contributed by atoms with Crippen molar-refractivity contribution in [2.75, 3.05) is 13.7 Å². The first-order chi connectivity index (χ1) is 8.26. The van der Waals surface area contributed by atoms with E-state index in [9.17, 15) is 0 Å². The minimum absolute atomic E-state index is 0.0914. The average Bonchev–Trinajstić information content (AvgIpc) is 2.38. The molecular weight excluding hydrogens is 216 g/mol. The highest BCUT2D eigenvalue weighted by molar-refractivity contribution is 5.13. The highest BCUT2D eigenvalue weighted by Crippen LogP contribution is 2.06. The number of hydrogen-bond acceptors (Lipinski definition) is 3. The molecule has 0 bridgehead atoms. The number of benzene rings is 1. The van der Waals surface area contributed by atoms with Gasteiger partial charge in [0.05, 0.1) is 19.3 Å². The third kappa shape index (κ3) is 5.82. The first kappa shape index (κ1) is 14.2. The molecule has 1 aromatic rings. The van der Waals surface area contributed by atoms with Crippen LogP contribution in [0.3, 0.4) is 0 Å². The summed E-state index contributed by atoms with van der Waals surface area (Å²) in [4.78, 5) is 0. The van der Waals surface area contributed by atoms with E-state index in [4.69, 9.17) is 14.2 Å². The van der Waals surface area contributed by atoms with Crippen LogP contribution in [0, 0.1) is 0 Å². The van der Waals surface area contributed by atoms with E-state index >= 15 is 0 Å². The molecule has 3 nitrogen and oxygen atoms in total. The van der Waals surface area contributed by atoms with Gasteiger partial charge in [0, 0.05) is 7.11 Å². The molecule has 0 N–H and O–H groups in total. The zero-order valence-corrected chi connectivity index (χ0v) is 10.9. The molecule has 96 valence electrons. The Labute approximate surface area is 104 Å². The second-order valence-electron chi connectivity index (χ2n) is 3.97. The molecule has 0 amide bonds. The van der Waals surface area contributed by atoms with Crippen molar-refractivity contribution < 1.29 is 14.2 Å². The number of methoxy groups -OCH3 is 1. The Morgan fingerprint density at radius 2 is 1.88 bits per heavy atom. The van der Waals surface area contributed by atoms with Crippen molar-refractivity contribution in [3.05, 3.63) is 35.9 Å². The van der Waals surface area contributed by atoms with E-state index in [0.717, 1.165) is 6.42 Å². The first-order valence-electron chi connectivity index (χ1n) is 6.06. The molecule has 0 aromatic heterocycles. The fraction of sp³-hybridized carbons (Fsp3) is 0.571. The molecule has 0 aliphatic rings. The number of hydrogen-bond donors (Lipinski definition) is 0. The Morgan fingerprint density at radius 1 is 1.18 bits per heavy atom. The lowest BCUT2D eigenvalue weighted by Gasteiger charge is -2.20. The fourth-order valence-electron chi connectivity index (χ4n) is 1.46. The molecule has 1 rings (SSSR count). The molecule has 0 heterocycles. The van der Waals surface area contributed by atoms with E-state index in [1.54, 1.807) is 7.11 Å². The van der Waals surface area contributed by atoms with Crippen molar-refractivity contribution in [2.45, 2.75) is 39.3 Å². The Bertz CT molecular complexity index is 287. The van der Waals surface area contributed by atoms with Crippen LogP contribution in [-0.4, -0.2) is 26.1 Å². The number of ether oxygens (including phenoxy) is 3. The maximum Gasteiger partial charge on any atom is 0.154 e. The van der Waals surface area contributed by atoms with Crippen LogP contribution in [0.2, 0.25) is 0 Å². The van der Waals surface area contributed by atoms with Crippen LogP contribution in [0.15, 0.2) is 30.3 Å². The van der Waals surface area contributed by atoms with Crippen molar-refractivity contribution in [1.29, 1.82) is 0 Å². The second-order valence-corrected chi connectivity index (χ2v) is 3.97. The van der Waals surface area contributed by atoms with Gasteiger partial charge in [-0.1, -0.05) is 37.3 Å². The summed E-state index contributed by atoms with van der Waals surface area (Å²) in [6, 6.07) is 10.1. The lowest BCUT2D eigenvalue weighted by Crippen LogP contribution is -2.25. The predicted octanol–water partition coefficient (Wildman–Crippen LogP) is 2.99. The zero-order chi connectivity index (χ0) is 12.5. The van der Waals surface area contributed by atoms with Gasteiger partial charge in [-0.3, -0.25) is 0 Å².